The standard InChI is InChI=1S/C16H22OSi2/c1-18(2,15-11-7-5-8-12-15)17-19(3,4)16-13-9-6-10-14-16/h5-14H,1-4H3/i5D,6D,7D,8D,9D,10D. The van der Waals surface area contributed by atoms with Crippen molar-refractivity contribution >= 4 is 27.0 Å². The zero-order valence-electron chi connectivity index (χ0n) is 17.7. The van der Waals surface area contributed by atoms with E-state index in [0.717, 1.165) is 10.4 Å². The third kappa shape index (κ3) is 3.44. The summed E-state index contributed by atoms with van der Waals surface area (Å²) in [7, 11) is -4.93. The molecule has 0 heterocycles. The van der Waals surface area contributed by atoms with E-state index in [9.17, 15) is 0 Å². The average molecular weight is 293 g/mol. The highest BCUT2D eigenvalue weighted by molar-refractivity contribution is 6.96. The van der Waals surface area contributed by atoms with E-state index in [4.69, 9.17) is 12.3 Å². The minimum absolute atomic E-state index is 0.0200. The summed E-state index contributed by atoms with van der Waals surface area (Å²) in [6, 6.07) is 6.33. The van der Waals surface area contributed by atoms with Crippen LogP contribution in [-0.2, 0) is 4.12 Å². The van der Waals surface area contributed by atoms with Crippen LogP contribution in [0.15, 0.2) is 60.5 Å². The van der Waals surface area contributed by atoms with Gasteiger partial charge in [0.15, 0.2) is 0 Å². The molecular weight excluding hydrogens is 264 g/mol. The summed E-state index contributed by atoms with van der Waals surface area (Å²) < 4.78 is 53.3. The van der Waals surface area contributed by atoms with Gasteiger partial charge in [-0.3, -0.25) is 0 Å². The molecule has 100 valence electrons. The molecule has 19 heavy (non-hydrogen) atoms. The van der Waals surface area contributed by atoms with Crippen molar-refractivity contribution in [2.24, 2.45) is 0 Å². The zero-order chi connectivity index (χ0) is 19.2. The Bertz CT molecular complexity index is 709. The van der Waals surface area contributed by atoms with Gasteiger partial charge in [0.05, 0.1) is 8.22 Å². The van der Waals surface area contributed by atoms with Crippen LogP contribution < -0.4 is 10.4 Å². The molecule has 0 radical (unpaired) electrons. The van der Waals surface area contributed by atoms with Crippen LogP contribution in [0.3, 0.4) is 0 Å². The van der Waals surface area contributed by atoms with Crippen LogP contribution in [-0.4, -0.2) is 16.6 Å². The van der Waals surface area contributed by atoms with Crippen molar-refractivity contribution in [2.75, 3.05) is 0 Å². The molecule has 1 nitrogen and oxygen atoms in total. The fourth-order valence-electron chi connectivity index (χ4n) is 2.07. The average Bonchev–Trinajstić information content (AvgIpc) is 2.48. The third-order valence-corrected chi connectivity index (χ3v) is 10.5. The Kier molecular flexibility index (Phi) is 2.35. The summed E-state index contributed by atoms with van der Waals surface area (Å²) in [6.45, 7) is 7.95. The number of hydrogen-bond acceptors (Lipinski definition) is 1. The van der Waals surface area contributed by atoms with Crippen molar-refractivity contribution in [2.45, 2.75) is 26.2 Å². The Hall–Kier alpha value is -1.17. The Morgan fingerprint density at radius 2 is 1.00 bits per heavy atom. The second kappa shape index (κ2) is 5.45. The first-order chi connectivity index (χ1) is 11.3. The van der Waals surface area contributed by atoms with Crippen LogP contribution in [0, 0.1) is 0 Å². The lowest BCUT2D eigenvalue weighted by atomic mass is 10.4. The van der Waals surface area contributed by atoms with Gasteiger partial charge in [-0.25, -0.2) is 0 Å². The van der Waals surface area contributed by atoms with E-state index in [1.54, 1.807) is 24.3 Å². The maximum Gasteiger partial charge on any atom is 0.206 e. The Morgan fingerprint density at radius 1 is 0.684 bits per heavy atom. The van der Waals surface area contributed by atoms with Crippen molar-refractivity contribution in [1.82, 2.24) is 0 Å². The molecule has 0 aliphatic rings. The van der Waals surface area contributed by atoms with Gasteiger partial charge in [-0.15, -0.1) is 0 Å². The van der Waals surface area contributed by atoms with Crippen molar-refractivity contribution in [3.63, 3.8) is 0 Å². The molecule has 0 amide bonds. The van der Waals surface area contributed by atoms with Crippen molar-refractivity contribution < 1.29 is 12.3 Å². The topological polar surface area (TPSA) is 9.23 Å². The normalized spacial score (nSPS) is 16.8. The van der Waals surface area contributed by atoms with E-state index in [1.165, 1.54) is 0 Å². The largest absolute Gasteiger partial charge is 0.449 e. The van der Waals surface area contributed by atoms with Crippen LogP contribution >= 0.6 is 0 Å². The summed E-state index contributed by atoms with van der Waals surface area (Å²) in [5.41, 5.74) is 0. The van der Waals surface area contributed by atoms with Crippen LogP contribution in [0.4, 0.5) is 0 Å². The zero-order valence-corrected chi connectivity index (χ0v) is 13.7. The first-order valence-corrected chi connectivity index (χ1v) is 12.0. The second-order valence-corrected chi connectivity index (χ2v) is 13.5. The maximum atomic E-state index is 7.86. The van der Waals surface area contributed by atoms with Gasteiger partial charge in [0.1, 0.15) is 0 Å². The summed E-state index contributed by atoms with van der Waals surface area (Å²) in [6.07, 6.45) is 0. The lowest BCUT2D eigenvalue weighted by Gasteiger charge is -2.34. The van der Waals surface area contributed by atoms with Gasteiger partial charge in [0, 0.05) is 0 Å². The quantitative estimate of drug-likeness (QED) is 0.786. The first-order valence-electron chi connectivity index (χ1n) is 9.22. The monoisotopic (exact) mass is 292 g/mol. The van der Waals surface area contributed by atoms with Crippen molar-refractivity contribution in [3.8, 4) is 0 Å². The van der Waals surface area contributed by atoms with Crippen molar-refractivity contribution in [1.29, 1.82) is 0 Å². The number of benzene rings is 2. The van der Waals surface area contributed by atoms with Crippen LogP contribution in [0.2, 0.25) is 26.2 Å². The molecule has 0 aromatic heterocycles. The Balaban J connectivity index is 2.42. The van der Waals surface area contributed by atoms with Crippen LogP contribution in [0.1, 0.15) is 8.22 Å². The van der Waals surface area contributed by atoms with Gasteiger partial charge in [0.25, 0.3) is 0 Å². The van der Waals surface area contributed by atoms with Gasteiger partial charge >= 0.3 is 0 Å². The Morgan fingerprint density at radius 3 is 1.32 bits per heavy atom. The molecule has 0 fully saturated rings. The predicted molar refractivity (Wildman–Crippen MR) is 88.2 cm³/mol. The SMILES string of the molecule is [2H]c1cc([Si](C)(C)O[Si](C)(C)c2cc([2H])c([2H])c([2H])c2)cc([2H])c1[2H]. The highest BCUT2D eigenvalue weighted by atomic mass is 28.4. The Labute approximate surface area is 127 Å². The highest BCUT2D eigenvalue weighted by Crippen LogP contribution is 2.15. The van der Waals surface area contributed by atoms with E-state index in [-0.39, 0.29) is 36.3 Å². The molecule has 0 aliphatic heterocycles. The highest BCUT2D eigenvalue weighted by Gasteiger charge is 2.35. The van der Waals surface area contributed by atoms with E-state index in [2.05, 4.69) is 0 Å². The second-order valence-electron chi connectivity index (χ2n) is 5.44. The first kappa shape index (κ1) is 8.19. The molecule has 0 unspecified atom stereocenters. The molecular formula is C16H22OSi2. The summed E-state index contributed by atoms with van der Waals surface area (Å²) >= 11 is 0. The molecule has 0 bridgehead atoms. The summed E-state index contributed by atoms with van der Waals surface area (Å²) in [4.78, 5) is 0. The van der Waals surface area contributed by atoms with Crippen LogP contribution in [0.25, 0.3) is 0 Å². The lowest BCUT2D eigenvalue weighted by Crippen LogP contribution is -2.57. The van der Waals surface area contributed by atoms with Gasteiger partial charge in [-0.05, 0) is 36.6 Å². The summed E-state index contributed by atoms with van der Waals surface area (Å²) in [5.74, 6) is 0. The number of hydrogen-bond donors (Lipinski definition) is 0. The maximum absolute atomic E-state index is 7.86. The molecule has 2 aromatic carbocycles. The fourth-order valence-corrected chi connectivity index (χ4v) is 9.80. The summed E-state index contributed by atoms with van der Waals surface area (Å²) in [5, 5.41) is 1.57. The van der Waals surface area contributed by atoms with Gasteiger partial charge in [0.2, 0.25) is 16.6 Å². The van der Waals surface area contributed by atoms with E-state index in [1.807, 2.05) is 26.2 Å². The predicted octanol–water partition coefficient (Wildman–Crippen LogP) is 3.23. The molecule has 0 saturated heterocycles. The molecule has 0 spiro atoms. The van der Waals surface area contributed by atoms with Crippen LogP contribution in [0.5, 0.6) is 0 Å². The molecule has 2 aromatic rings. The van der Waals surface area contributed by atoms with E-state index < -0.39 is 16.6 Å². The minimum Gasteiger partial charge on any atom is -0.449 e. The third-order valence-electron chi connectivity index (χ3n) is 3.10. The van der Waals surface area contributed by atoms with Gasteiger partial charge in [-0.2, -0.15) is 0 Å². The molecule has 0 N–H and O–H groups in total. The van der Waals surface area contributed by atoms with Gasteiger partial charge in [-0.1, -0.05) is 60.5 Å². The smallest absolute Gasteiger partial charge is 0.206 e. The van der Waals surface area contributed by atoms with E-state index >= 15 is 0 Å². The molecule has 2 rings (SSSR count). The van der Waals surface area contributed by atoms with Crippen molar-refractivity contribution in [3.05, 3.63) is 60.5 Å². The molecule has 0 atom stereocenters. The molecule has 0 saturated carbocycles. The lowest BCUT2D eigenvalue weighted by molar-refractivity contribution is 0.573. The van der Waals surface area contributed by atoms with E-state index in [0.29, 0.717) is 0 Å². The number of rotatable bonds is 4. The van der Waals surface area contributed by atoms with Gasteiger partial charge < -0.3 is 4.12 Å². The molecule has 0 aliphatic carbocycles. The molecule has 3 heteroatoms. The minimum atomic E-state index is -2.46. The fraction of sp³-hybridized carbons (Fsp3) is 0.250.